The van der Waals surface area contributed by atoms with Crippen molar-refractivity contribution in [3.8, 4) is 0 Å². The largest absolute Gasteiger partial charge is 0.384 e. The Morgan fingerprint density at radius 2 is 1.66 bits per heavy atom. The molecule has 3 aromatic rings. The highest BCUT2D eigenvalue weighted by Gasteiger charge is 2.26. The first-order valence-corrected chi connectivity index (χ1v) is 10.8. The van der Waals surface area contributed by atoms with Crippen LogP contribution in [0.25, 0.3) is 0 Å². The lowest BCUT2D eigenvalue weighted by Gasteiger charge is -2.23. The fraction of sp³-hybridized carbons (Fsp3) is 0.273. The van der Waals surface area contributed by atoms with Crippen LogP contribution in [0.1, 0.15) is 37.6 Å². The molecule has 0 bridgehead atoms. The van der Waals surface area contributed by atoms with E-state index in [1.54, 1.807) is 30.3 Å². The van der Waals surface area contributed by atoms with Gasteiger partial charge in [-0.15, -0.1) is 0 Å². The zero-order chi connectivity index (χ0) is 21.1. The van der Waals surface area contributed by atoms with Gasteiger partial charge in [-0.25, -0.2) is 18.4 Å². The number of nitrogens with two attached hydrogens (primary N) is 1. The van der Waals surface area contributed by atoms with Crippen LogP contribution < -0.4 is 5.73 Å². The second-order valence-corrected chi connectivity index (χ2v) is 9.83. The number of nitrogen functional groups attached to an aromatic ring is 1. The summed E-state index contributed by atoms with van der Waals surface area (Å²) in [5, 5.41) is 0.00946. The van der Waals surface area contributed by atoms with Gasteiger partial charge in [-0.1, -0.05) is 57.2 Å². The molecule has 2 aromatic heterocycles. The van der Waals surface area contributed by atoms with Gasteiger partial charge in [0, 0.05) is 12.7 Å². The van der Waals surface area contributed by atoms with E-state index in [0.717, 1.165) is 5.56 Å². The standard InChI is InChI=1S/C22H26N4O2S/c1-22(2,3)18-12-10-17(11-13-18)15-26(16-19-7-6-8-20(23)25-19)29(27,28)21-9-4-5-14-24-21/h4-14H,15-16H2,1-3H3,(H2,23,25). The van der Waals surface area contributed by atoms with Gasteiger partial charge in [0.1, 0.15) is 5.82 Å². The monoisotopic (exact) mass is 410 g/mol. The molecule has 0 unspecified atom stereocenters. The molecule has 0 spiro atoms. The Morgan fingerprint density at radius 1 is 0.931 bits per heavy atom. The van der Waals surface area contributed by atoms with Crippen molar-refractivity contribution in [2.24, 2.45) is 0 Å². The highest BCUT2D eigenvalue weighted by Crippen LogP contribution is 2.24. The lowest BCUT2D eigenvalue weighted by molar-refractivity contribution is 0.395. The molecule has 29 heavy (non-hydrogen) atoms. The Hall–Kier alpha value is -2.77. The summed E-state index contributed by atoms with van der Waals surface area (Å²) < 4.78 is 27.9. The molecule has 0 aliphatic heterocycles. The molecule has 6 nitrogen and oxygen atoms in total. The summed E-state index contributed by atoms with van der Waals surface area (Å²) in [4.78, 5) is 8.30. The quantitative estimate of drug-likeness (QED) is 0.668. The van der Waals surface area contributed by atoms with E-state index in [9.17, 15) is 8.42 Å². The van der Waals surface area contributed by atoms with Crippen LogP contribution in [-0.4, -0.2) is 22.7 Å². The minimum atomic E-state index is -3.81. The Balaban J connectivity index is 1.94. The summed E-state index contributed by atoms with van der Waals surface area (Å²) in [6.07, 6.45) is 1.47. The maximum atomic E-state index is 13.3. The Bertz CT molecular complexity index is 1060. The second kappa shape index (κ2) is 8.31. The van der Waals surface area contributed by atoms with E-state index in [0.29, 0.717) is 11.5 Å². The van der Waals surface area contributed by atoms with Gasteiger partial charge >= 0.3 is 0 Å². The molecule has 0 fully saturated rings. The highest BCUT2D eigenvalue weighted by atomic mass is 32.2. The summed E-state index contributed by atoms with van der Waals surface area (Å²) >= 11 is 0. The minimum Gasteiger partial charge on any atom is -0.384 e. The number of hydrogen-bond donors (Lipinski definition) is 1. The number of sulfonamides is 1. The van der Waals surface area contributed by atoms with Crippen LogP contribution in [0.15, 0.2) is 71.9 Å². The minimum absolute atomic E-state index is 0.00946. The molecule has 2 N–H and O–H groups in total. The highest BCUT2D eigenvalue weighted by molar-refractivity contribution is 7.89. The number of rotatable bonds is 6. The first kappa shape index (κ1) is 21.0. The van der Waals surface area contributed by atoms with Crippen molar-refractivity contribution in [2.75, 3.05) is 5.73 Å². The zero-order valence-corrected chi connectivity index (χ0v) is 17.7. The summed E-state index contributed by atoms with van der Waals surface area (Å²) in [7, 11) is -3.81. The number of pyridine rings is 2. The van der Waals surface area contributed by atoms with Crippen molar-refractivity contribution in [1.29, 1.82) is 0 Å². The molecule has 0 saturated heterocycles. The molecule has 7 heteroatoms. The molecule has 0 amide bonds. The predicted octanol–water partition coefficient (Wildman–Crippen LogP) is 3.75. The average Bonchev–Trinajstić information content (AvgIpc) is 2.68. The molecule has 2 heterocycles. The molecular formula is C22H26N4O2S. The smallest absolute Gasteiger partial charge is 0.261 e. The summed E-state index contributed by atoms with van der Waals surface area (Å²) in [6.45, 7) is 6.74. The van der Waals surface area contributed by atoms with E-state index in [4.69, 9.17) is 5.73 Å². The van der Waals surface area contributed by atoms with Gasteiger partial charge in [-0.2, -0.15) is 4.31 Å². The Labute approximate surface area is 172 Å². The molecule has 0 saturated carbocycles. The number of hydrogen-bond acceptors (Lipinski definition) is 5. The van der Waals surface area contributed by atoms with Crippen molar-refractivity contribution < 1.29 is 8.42 Å². The van der Waals surface area contributed by atoms with Crippen molar-refractivity contribution >= 4 is 15.8 Å². The van der Waals surface area contributed by atoms with Crippen LogP contribution in [0, 0.1) is 0 Å². The van der Waals surface area contributed by atoms with E-state index >= 15 is 0 Å². The van der Waals surface area contributed by atoms with Crippen molar-refractivity contribution in [3.05, 3.63) is 83.7 Å². The average molecular weight is 411 g/mol. The predicted molar refractivity (Wildman–Crippen MR) is 114 cm³/mol. The molecule has 0 atom stereocenters. The number of nitrogens with zero attached hydrogens (tertiary/aromatic N) is 3. The molecule has 152 valence electrons. The number of anilines is 1. The van der Waals surface area contributed by atoms with E-state index in [1.165, 1.54) is 22.1 Å². The Kier molecular flexibility index (Phi) is 6.00. The van der Waals surface area contributed by atoms with Crippen LogP contribution in [0.2, 0.25) is 0 Å². The molecule has 3 rings (SSSR count). The van der Waals surface area contributed by atoms with E-state index < -0.39 is 10.0 Å². The molecule has 0 aliphatic carbocycles. The van der Waals surface area contributed by atoms with Gasteiger partial charge in [0.25, 0.3) is 10.0 Å². The van der Waals surface area contributed by atoms with Crippen molar-refractivity contribution in [2.45, 2.75) is 44.3 Å². The molecular weight excluding hydrogens is 384 g/mol. The second-order valence-electron chi connectivity index (χ2n) is 7.94. The topological polar surface area (TPSA) is 89.2 Å². The van der Waals surface area contributed by atoms with Gasteiger partial charge in [-0.3, -0.25) is 0 Å². The lowest BCUT2D eigenvalue weighted by Crippen LogP contribution is -2.31. The summed E-state index contributed by atoms with van der Waals surface area (Å²) in [6, 6.07) is 18.1. The lowest BCUT2D eigenvalue weighted by atomic mass is 9.87. The van der Waals surface area contributed by atoms with E-state index in [-0.39, 0.29) is 23.5 Å². The molecule has 0 aliphatic rings. The SMILES string of the molecule is CC(C)(C)c1ccc(CN(Cc2cccc(N)n2)S(=O)(=O)c2ccccn2)cc1. The van der Waals surface area contributed by atoms with Gasteiger partial charge in [-0.05, 0) is 40.8 Å². The van der Waals surface area contributed by atoms with E-state index in [2.05, 4.69) is 30.7 Å². The van der Waals surface area contributed by atoms with Gasteiger partial charge in [0.2, 0.25) is 0 Å². The van der Waals surface area contributed by atoms with Gasteiger partial charge in [0.15, 0.2) is 5.03 Å². The fourth-order valence-electron chi connectivity index (χ4n) is 2.94. The van der Waals surface area contributed by atoms with Crippen LogP contribution >= 0.6 is 0 Å². The fourth-order valence-corrected chi connectivity index (χ4v) is 4.27. The molecule has 1 aromatic carbocycles. The summed E-state index contributed by atoms with van der Waals surface area (Å²) in [5.41, 5.74) is 8.47. The third kappa shape index (κ3) is 5.19. The number of aromatic nitrogens is 2. The van der Waals surface area contributed by atoms with Crippen molar-refractivity contribution in [3.63, 3.8) is 0 Å². The van der Waals surface area contributed by atoms with Crippen LogP contribution in [0.4, 0.5) is 5.82 Å². The van der Waals surface area contributed by atoms with Gasteiger partial charge in [0.05, 0.1) is 12.2 Å². The normalized spacial score (nSPS) is 12.3. The van der Waals surface area contributed by atoms with Crippen LogP contribution in [-0.2, 0) is 28.5 Å². The van der Waals surface area contributed by atoms with E-state index in [1.807, 2.05) is 24.3 Å². The number of benzene rings is 1. The van der Waals surface area contributed by atoms with Crippen LogP contribution in [0.5, 0.6) is 0 Å². The third-order valence-electron chi connectivity index (χ3n) is 4.59. The maximum absolute atomic E-state index is 13.3. The maximum Gasteiger partial charge on any atom is 0.261 e. The zero-order valence-electron chi connectivity index (χ0n) is 16.9. The summed E-state index contributed by atoms with van der Waals surface area (Å²) in [5.74, 6) is 0.354. The first-order valence-electron chi connectivity index (χ1n) is 9.38. The molecule has 0 radical (unpaired) electrons. The first-order chi connectivity index (χ1) is 13.7. The van der Waals surface area contributed by atoms with Crippen molar-refractivity contribution in [1.82, 2.24) is 14.3 Å². The van der Waals surface area contributed by atoms with Gasteiger partial charge < -0.3 is 5.73 Å². The Morgan fingerprint density at radius 3 is 2.24 bits per heavy atom. The third-order valence-corrected chi connectivity index (χ3v) is 6.30. The van der Waals surface area contributed by atoms with Crippen LogP contribution in [0.3, 0.4) is 0 Å².